The highest BCUT2D eigenvalue weighted by atomic mass is 32.2. The van der Waals surface area contributed by atoms with E-state index in [0.717, 1.165) is 13.1 Å². The van der Waals surface area contributed by atoms with Gasteiger partial charge in [0.1, 0.15) is 0 Å². The lowest BCUT2D eigenvalue weighted by Gasteiger charge is -2.36. The van der Waals surface area contributed by atoms with Crippen LogP contribution >= 0.6 is 0 Å². The van der Waals surface area contributed by atoms with E-state index >= 15 is 0 Å². The fourth-order valence-electron chi connectivity index (χ4n) is 3.53. The van der Waals surface area contributed by atoms with E-state index in [-0.39, 0.29) is 10.9 Å². The predicted molar refractivity (Wildman–Crippen MR) is 92.3 cm³/mol. The van der Waals surface area contributed by atoms with Crippen LogP contribution in [0.15, 0.2) is 29.2 Å². The lowest BCUT2D eigenvalue weighted by molar-refractivity contribution is -0.387. The smallest absolute Gasteiger partial charge is 0.289 e. The molecule has 0 aliphatic carbocycles. The van der Waals surface area contributed by atoms with Crippen molar-refractivity contribution in [2.45, 2.75) is 38.1 Å². The zero-order valence-electron chi connectivity index (χ0n) is 14.3. The van der Waals surface area contributed by atoms with Crippen molar-refractivity contribution in [3.63, 3.8) is 0 Å². The fourth-order valence-corrected chi connectivity index (χ4v) is 4.94. The van der Waals surface area contributed by atoms with E-state index in [1.165, 1.54) is 30.7 Å². The monoisotopic (exact) mass is 355 g/mol. The molecule has 0 amide bonds. The number of rotatable bonds is 6. The fraction of sp³-hybridized carbons (Fsp3) is 0.625. The molecule has 3 atom stereocenters. The summed E-state index contributed by atoms with van der Waals surface area (Å²) >= 11 is 0. The Morgan fingerprint density at radius 2 is 1.88 bits per heavy atom. The summed E-state index contributed by atoms with van der Waals surface area (Å²) in [6.07, 6.45) is 1.19. The average molecular weight is 355 g/mol. The summed E-state index contributed by atoms with van der Waals surface area (Å²) in [7, 11) is -3.93. The van der Waals surface area contributed by atoms with Crippen LogP contribution in [-0.4, -0.2) is 43.9 Å². The molecule has 1 aromatic carbocycles. The molecule has 0 radical (unpaired) electrons. The van der Waals surface area contributed by atoms with Crippen LogP contribution in [0.2, 0.25) is 0 Å². The van der Waals surface area contributed by atoms with E-state index in [0.29, 0.717) is 18.4 Å². The molecule has 1 fully saturated rings. The molecular formula is C16H25N3O4S. The van der Waals surface area contributed by atoms with Crippen LogP contribution in [0.5, 0.6) is 0 Å². The SMILES string of the molecule is C[C@@H]1C[C@H](C)CN(C[C@H](C)NS(=O)(=O)c2ccccc2[N+](=O)[O-])C1. The van der Waals surface area contributed by atoms with Crippen molar-refractivity contribution in [3.8, 4) is 0 Å². The highest BCUT2D eigenvalue weighted by Gasteiger charge is 2.28. The number of piperidine rings is 1. The van der Waals surface area contributed by atoms with Crippen molar-refractivity contribution in [2.75, 3.05) is 19.6 Å². The van der Waals surface area contributed by atoms with Gasteiger partial charge in [0.05, 0.1) is 4.92 Å². The standard InChI is InChI=1S/C16H25N3O4S/c1-12-8-13(2)10-18(9-12)11-14(3)17-24(22,23)16-7-5-4-6-15(16)19(20)21/h4-7,12-14,17H,8-11H2,1-3H3/t12-,13+,14-/m0/s1. The van der Waals surface area contributed by atoms with E-state index in [1.807, 2.05) is 0 Å². The molecule has 0 saturated carbocycles. The maximum absolute atomic E-state index is 12.5. The minimum Gasteiger partial charge on any atom is -0.301 e. The molecular weight excluding hydrogens is 330 g/mol. The summed E-state index contributed by atoms with van der Waals surface area (Å²) in [6.45, 7) is 8.67. The minimum atomic E-state index is -3.93. The largest absolute Gasteiger partial charge is 0.301 e. The molecule has 8 heteroatoms. The van der Waals surface area contributed by atoms with Gasteiger partial charge in [0.25, 0.3) is 5.69 Å². The van der Waals surface area contributed by atoms with Crippen LogP contribution in [0.1, 0.15) is 27.2 Å². The zero-order valence-corrected chi connectivity index (χ0v) is 15.1. The third-order valence-electron chi connectivity index (χ3n) is 4.18. The first-order chi connectivity index (χ1) is 11.2. The van der Waals surface area contributed by atoms with Gasteiger partial charge in [-0.3, -0.25) is 10.1 Å². The Hall–Kier alpha value is -1.51. The summed E-state index contributed by atoms with van der Waals surface area (Å²) in [5, 5.41) is 11.0. The Morgan fingerprint density at radius 3 is 2.46 bits per heavy atom. The molecule has 0 bridgehead atoms. The first-order valence-electron chi connectivity index (χ1n) is 8.17. The second-order valence-corrected chi connectivity index (χ2v) is 8.59. The van der Waals surface area contributed by atoms with Gasteiger partial charge in [0.15, 0.2) is 4.90 Å². The molecule has 24 heavy (non-hydrogen) atoms. The van der Waals surface area contributed by atoms with E-state index in [2.05, 4.69) is 23.5 Å². The molecule has 1 heterocycles. The van der Waals surface area contributed by atoms with Crippen molar-refractivity contribution in [2.24, 2.45) is 11.8 Å². The normalized spacial score (nSPS) is 23.8. The van der Waals surface area contributed by atoms with Crippen molar-refractivity contribution in [1.29, 1.82) is 0 Å². The molecule has 1 saturated heterocycles. The van der Waals surface area contributed by atoms with E-state index in [9.17, 15) is 18.5 Å². The molecule has 2 rings (SSSR count). The van der Waals surface area contributed by atoms with Gasteiger partial charge in [-0.25, -0.2) is 13.1 Å². The number of benzene rings is 1. The average Bonchev–Trinajstić information content (AvgIpc) is 2.45. The summed E-state index contributed by atoms with van der Waals surface area (Å²) in [4.78, 5) is 12.3. The Kier molecular flexibility index (Phi) is 5.95. The molecule has 0 unspecified atom stereocenters. The number of nitro benzene ring substituents is 1. The van der Waals surface area contributed by atoms with Crippen molar-refractivity contribution < 1.29 is 13.3 Å². The van der Waals surface area contributed by atoms with Gasteiger partial charge in [0.2, 0.25) is 10.0 Å². The summed E-state index contributed by atoms with van der Waals surface area (Å²) in [6, 6.07) is 5.08. The number of likely N-dealkylation sites (tertiary alicyclic amines) is 1. The highest BCUT2D eigenvalue weighted by Crippen LogP contribution is 2.24. The van der Waals surface area contributed by atoms with Gasteiger partial charge in [-0.2, -0.15) is 0 Å². The molecule has 1 N–H and O–H groups in total. The van der Waals surface area contributed by atoms with Crippen molar-refractivity contribution >= 4 is 15.7 Å². The molecule has 7 nitrogen and oxygen atoms in total. The van der Waals surface area contributed by atoms with Gasteiger partial charge in [0, 0.05) is 31.7 Å². The van der Waals surface area contributed by atoms with Crippen LogP contribution < -0.4 is 4.72 Å². The number of nitrogens with zero attached hydrogens (tertiary/aromatic N) is 2. The minimum absolute atomic E-state index is 0.290. The van der Waals surface area contributed by atoms with Crippen LogP contribution in [0.3, 0.4) is 0 Å². The van der Waals surface area contributed by atoms with Crippen LogP contribution in [0.4, 0.5) is 5.69 Å². The third kappa shape index (κ3) is 4.75. The van der Waals surface area contributed by atoms with E-state index in [4.69, 9.17) is 0 Å². The van der Waals surface area contributed by atoms with Crippen molar-refractivity contribution in [3.05, 3.63) is 34.4 Å². The Labute approximate surface area is 143 Å². The Balaban J connectivity index is 2.08. The summed E-state index contributed by atoms with van der Waals surface area (Å²) < 4.78 is 27.6. The number of hydrogen-bond donors (Lipinski definition) is 1. The molecule has 1 aromatic rings. The number of para-hydroxylation sites is 1. The second kappa shape index (κ2) is 7.58. The number of nitrogens with one attached hydrogen (secondary N) is 1. The quantitative estimate of drug-likeness (QED) is 0.624. The van der Waals surface area contributed by atoms with Crippen molar-refractivity contribution in [1.82, 2.24) is 9.62 Å². The first kappa shape index (κ1) is 18.8. The zero-order chi connectivity index (χ0) is 17.9. The number of nitro groups is 1. The predicted octanol–water partition coefficient (Wildman–Crippen LogP) is 2.24. The maximum Gasteiger partial charge on any atom is 0.289 e. The van der Waals surface area contributed by atoms with Gasteiger partial charge in [-0.1, -0.05) is 26.0 Å². The summed E-state index contributed by atoms with van der Waals surface area (Å²) in [5.41, 5.74) is -0.405. The Morgan fingerprint density at radius 1 is 1.29 bits per heavy atom. The van der Waals surface area contributed by atoms with Gasteiger partial charge in [-0.15, -0.1) is 0 Å². The molecule has 0 spiro atoms. The number of hydrogen-bond acceptors (Lipinski definition) is 5. The molecule has 1 aliphatic heterocycles. The third-order valence-corrected chi connectivity index (χ3v) is 5.82. The maximum atomic E-state index is 12.5. The highest BCUT2D eigenvalue weighted by molar-refractivity contribution is 7.89. The van der Waals surface area contributed by atoms with E-state index < -0.39 is 20.6 Å². The van der Waals surface area contributed by atoms with Gasteiger partial charge in [-0.05, 0) is 31.2 Å². The molecule has 0 aromatic heterocycles. The van der Waals surface area contributed by atoms with Crippen LogP contribution in [0, 0.1) is 22.0 Å². The molecule has 134 valence electrons. The van der Waals surface area contributed by atoms with Gasteiger partial charge < -0.3 is 4.90 Å². The topological polar surface area (TPSA) is 92.6 Å². The lowest BCUT2D eigenvalue weighted by Crippen LogP contribution is -2.46. The Bertz CT molecular complexity index is 682. The van der Waals surface area contributed by atoms with E-state index in [1.54, 1.807) is 6.92 Å². The molecule has 1 aliphatic rings. The number of sulfonamides is 1. The van der Waals surface area contributed by atoms with Crippen LogP contribution in [-0.2, 0) is 10.0 Å². The first-order valence-corrected chi connectivity index (χ1v) is 9.65. The van der Waals surface area contributed by atoms with Crippen LogP contribution in [0.25, 0.3) is 0 Å². The van der Waals surface area contributed by atoms with Gasteiger partial charge >= 0.3 is 0 Å². The second-order valence-electron chi connectivity index (χ2n) is 6.91. The summed E-state index contributed by atoms with van der Waals surface area (Å²) in [5.74, 6) is 1.18. The lowest BCUT2D eigenvalue weighted by atomic mass is 9.92.